The summed E-state index contributed by atoms with van der Waals surface area (Å²) >= 11 is 9.42. The molecule has 4 heteroatoms. The highest BCUT2D eigenvalue weighted by Crippen LogP contribution is 2.30. The van der Waals surface area contributed by atoms with Crippen LogP contribution in [0.3, 0.4) is 0 Å². The van der Waals surface area contributed by atoms with Gasteiger partial charge in [0.25, 0.3) is 0 Å². The average molecular weight is 279 g/mol. The molecule has 1 aromatic heterocycles. The monoisotopic (exact) mass is 277 g/mol. The highest BCUT2D eigenvalue weighted by molar-refractivity contribution is 9.10. The molecule has 0 atom stereocenters. The molecule has 0 saturated heterocycles. The summed E-state index contributed by atoms with van der Waals surface area (Å²) in [5.74, 6) is 0. The van der Waals surface area contributed by atoms with Crippen molar-refractivity contribution in [2.45, 2.75) is 26.2 Å². The normalized spacial score (nSPS) is 11.9. The molecule has 0 fully saturated rings. The quantitative estimate of drug-likeness (QED) is 0.902. The third-order valence-corrected chi connectivity index (χ3v) is 3.23. The molecule has 0 spiro atoms. The molecule has 1 heterocycles. The molecule has 0 aromatic carbocycles. The molecule has 2 nitrogen and oxygen atoms in total. The third-order valence-electron chi connectivity index (χ3n) is 2.14. The van der Waals surface area contributed by atoms with Crippen molar-refractivity contribution in [2.24, 2.45) is 0 Å². The summed E-state index contributed by atoms with van der Waals surface area (Å²) in [5.41, 5.74) is 1.22. The molecule has 78 valence electrons. The van der Waals surface area contributed by atoms with Crippen LogP contribution in [0.1, 0.15) is 25.2 Å². The van der Waals surface area contributed by atoms with Crippen molar-refractivity contribution in [3.8, 4) is 0 Å². The minimum Gasteiger partial charge on any atom is -0.395 e. The minimum absolute atomic E-state index is 0.0286. The molecule has 0 amide bonds. The lowest BCUT2D eigenvalue weighted by Crippen LogP contribution is -2.24. The van der Waals surface area contributed by atoms with Crippen LogP contribution in [0.25, 0.3) is 0 Å². The van der Waals surface area contributed by atoms with E-state index in [4.69, 9.17) is 11.6 Å². The topological polar surface area (TPSA) is 33.1 Å². The lowest BCUT2D eigenvalue weighted by Gasteiger charge is -2.22. The van der Waals surface area contributed by atoms with E-state index in [1.54, 1.807) is 0 Å². The summed E-state index contributed by atoms with van der Waals surface area (Å²) in [6.45, 7) is 5.75. The van der Waals surface area contributed by atoms with Gasteiger partial charge < -0.3 is 5.11 Å². The van der Waals surface area contributed by atoms with Gasteiger partial charge >= 0.3 is 0 Å². The number of aromatic nitrogens is 1. The van der Waals surface area contributed by atoms with Crippen LogP contribution in [0.5, 0.6) is 0 Å². The van der Waals surface area contributed by atoms with E-state index >= 15 is 0 Å². The van der Waals surface area contributed by atoms with Gasteiger partial charge in [-0.25, -0.2) is 0 Å². The second-order valence-electron chi connectivity index (χ2n) is 3.93. The standard InChI is InChI=1S/C10H13BrClNO/c1-6-7(11)4-8(12)9(13-6)10(2,3)5-14/h4,14H,5H2,1-3H3. The van der Waals surface area contributed by atoms with Gasteiger partial charge in [-0.2, -0.15) is 0 Å². The van der Waals surface area contributed by atoms with E-state index in [9.17, 15) is 5.11 Å². The molecule has 1 aromatic rings. The molecule has 0 bridgehead atoms. The Kier molecular flexibility index (Phi) is 3.56. The SMILES string of the molecule is Cc1nc(C(C)(C)CO)c(Cl)cc1Br. The molecule has 0 aliphatic heterocycles. The van der Waals surface area contributed by atoms with Crippen LogP contribution in [0.4, 0.5) is 0 Å². The Morgan fingerprint density at radius 1 is 1.57 bits per heavy atom. The molecule has 0 aliphatic rings. The van der Waals surface area contributed by atoms with Crippen LogP contribution < -0.4 is 0 Å². The van der Waals surface area contributed by atoms with Crippen molar-refractivity contribution in [3.05, 3.63) is 26.9 Å². The lowest BCUT2D eigenvalue weighted by atomic mass is 9.90. The Hall–Kier alpha value is -0.120. The van der Waals surface area contributed by atoms with E-state index in [0.717, 1.165) is 15.9 Å². The summed E-state index contributed by atoms with van der Waals surface area (Å²) in [6, 6.07) is 1.82. The molecule has 0 saturated carbocycles. The smallest absolute Gasteiger partial charge is 0.0672 e. The molecule has 1 N–H and O–H groups in total. The van der Waals surface area contributed by atoms with Gasteiger partial charge in [-0.3, -0.25) is 4.98 Å². The summed E-state index contributed by atoms with van der Waals surface area (Å²) in [5, 5.41) is 9.81. The number of rotatable bonds is 2. The summed E-state index contributed by atoms with van der Waals surface area (Å²) in [4.78, 5) is 4.38. The lowest BCUT2D eigenvalue weighted by molar-refractivity contribution is 0.215. The first-order chi connectivity index (χ1) is 6.38. The van der Waals surface area contributed by atoms with E-state index in [1.165, 1.54) is 0 Å². The average Bonchev–Trinajstić information content (AvgIpc) is 2.11. The van der Waals surface area contributed by atoms with Crippen molar-refractivity contribution in [2.75, 3.05) is 6.61 Å². The maximum absolute atomic E-state index is 9.22. The molecule has 0 unspecified atom stereocenters. The fourth-order valence-electron chi connectivity index (χ4n) is 1.11. The molecule has 14 heavy (non-hydrogen) atoms. The van der Waals surface area contributed by atoms with Gasteiger partial charge in [0, 0.05) is 9.89 Å². The largest absolute Gasteiger partial charge is 0.395 e. The molecular formula is C10H13BrClNO. The van der Waals surface area contributed by atoms with Crippen molar-refractivity contribution >= 4 is 27.5 Å². The zero-order chi connectivity index (χ0) is 10.9. The third kappa shape index (κ3) is 2.27. The minimum atomic E-state index is -0.400. The zero-order valence-electron chi connectivity index (χ0n) is 8.43. The fraction of sp³-hybridized carbons (Fsp3) is 0.500. The van der Waals surface area contributed by atoms with Crippen LogP contribution in [0.15, 0.2) is 10.5 Å². The highest BCUT2D eigenvalue weighted by Gasteiger charge is 2.24. The Bertz CT molecular complexity index is 352. The zero-order valence-corrected chi connectivity index (χ0v) is 10.8. The van der Waals surface area contributed by atoms with Crippen LogP contribution in [-0.2, 0) is 5.41 Å². The van der Waals surface area contributed by atoms with E-state index in [1.807, 2.05) is 26.8 Å². The molecule has 0 aliphatic carbocycles. The van der Waals surface area contributed by atoms with E-state index in [-0.39, 0.29) is 6.61 Å². The number of hydrogen-bond acceptors (Lipinski definition) is 2. The van der Waals surface area contributed by atoms with Crippen molar-refractivity contribution < 1.29 is 5.11 Å². The van der Waals surface area contributed by atoms with E-state index in [0.29, 0.717) is 5.02 Å². The second kappa shape index (κ2) is 4.17. The number of hydrogen-bond donors (Lipinski definition) is 1. The van der Waals surface area contributed by atoms with Gasteiger partial charge in [-0.1, -0.05) is 25.4 Å². The van der Waals surface area contributed by atoms with Crippen LogP contribution in [-0.4, -0.2) is 16.7 Å². The van der Waals surface area contributed by atoms with Gasteiger partial charge in [0.1, 0.15) is 0 Å². The maximum Gasteiger partial charge on any atom is 0.0672 e. The van der Waals surface area contributed by atoms with Gasteiger partial charge in [-0.15, -0.1) is 0 Å². The van der Waals surface area contributed by atoms with Crippen molar-refractivity contribution in [1.82, 2.24) is 4.98 Å². The van der Waals surface area contributed by atoms with Gasteiger partial charge in [0.2, 0.25) is 0 Å². The number of pyridine rings is 1. The van der Waals surface area contributed by atoms with Gasteiger partial charge in [-0.05, 0) is 28.9 Å². The van der Waals surface area contributed by atoms with Crippen LogP contribution >= 0.6 is 27.5 Å². The maximum atomic E-state index is 9.22. The van der Waals surface area contributed by atoms with Crippen LogP contribution in [0.2, 0.25) is 5.02 Å². The number of nitrogens with zero attached hydrogens (tertiary/aromatic N) is 1. The first-order valence-corrected chi connectivity index (χ1v) is 5.49. The Labute approximate surface area is 97.4 Å². The van der Waals surface area contributed by atoms with Crippen molar-refractivity contribution in [1.29, 1.82) is 0 Å². The number of aliphatic hydroxyl groups excluding tert-OH is 1. The molecule has 0 radical (unpaired) electrons. The first-order valence-electron chi connectivity index (χ1n) is 4.32. The van der Waals surface area contributed by atoms with E-state index < -0.39 is 5.41 Å². The van der Waals surface area contributed by atoms with Crippen LogP contribution in [0, 0.1) is 6.92 Å². The summed E-state index contributed by atoms with van der Waals surface area (Å²) < 4.78 is 0.889. The predicted molar refractivity (Wildman–Crippen MR) is 61.8 cm³/mol. The predicted octanol–water partition coefficient (Wildman–Crippen LogP) is 3.08. The second-order valence-corrected chi connectivity index (χ2v) is 5.19. The summed E-state index contributed by atoms with van der Waals surface area (Å²) in [6.07, 6.45) is 0. The van der Waals surface area contributed by atoms with E-state index in [2.05, 4.69) is 20.9 Å². The number of halogens is 2. The Balaban J connectivity index is 3.29. The Morgan fingerprint density at radius 2 is 2.14 bits per heavy atom. The number of aryl methyl sites for hydroxylation is 1. The first kappa shape index (κ1) is 12.0. The summed E-state index contributed by atoms with van der Waals surface area (Å²) in [7, 11) is 0. The molecule has 1 rings (SSSR count). The van der Waals surface area contributed by atoms with Gasteiger partial charge in [0.15, 0.2) is 0 Å². The highest BCUT2D eigenvalue weighted by atomic mass is 79.9. The Morgan fingerprint density at radius 3 is 2.64 bits per heavy atom. The van der Waals surface area contributed by atoms with Crippen molar-refractivity contribution in [3.63, 3.8) is 0 Å². The van der Waals surface area contributed by atoms with Gasteiger partial charge in [0.05, 0.1) is 23.0 Å². The fourth-order valence-corrected chi connectivity index (χ4v) is 1.96. The molecular weight excluding hydrogens is 265 g/mol. The number of aliphatic hydroxyl groups is 1.